The molecular formula is C15H24N4O2. The van der Waals surface area contributed by atoms with Crippen LogP contribution in [0, 0.1) is 0 Å². The van der Waals surface area contributed by atoms with Gasteiger partial charge in [0.15, 0.2) is 5.96 Å². The van der Waals surface area contributed by atoms with Gasteiger partial charge in [-0.2, -0.15) is 0 Å². The molecule has 0 saturated heterocycles. The third kappa shape index (κ3) is 3.85. The maximum Gasteiger partial charge on any atom is 0.194 e. The Balaban J connectivity index is 2.27. The molecule has 2 aliphatic rings. The lowest BCUT2D eigenvalue weighted by Gasteiger charge is -2.28. The molecule has 2 unspecified atom stereocenters. The van der Waals surface area contributed by atoms with Crippen molar-refractivity contribution in [2.24, 2.45) is 15.7 Å². The Bertz CT molecular complexity index is 488. The van der Waals surface area contributed by atoms with Gasteiger partial charge < -0.3 is 20.9 Å². The molecule has 1 heterocycles. The minimum absolute atomic E-state index is 0.0404. The fourth-order valence-corrected chi connectivity index (χ4v) is 2.60. The van der Waals surface area contributed by atoms with E-state index in [2.05, 4.69) is 17.2 Å². The maximum atomic E-state index is 9.17. The van der Waals surface area contributed by atoms with Crippen molar-refractivity contribution in [1.82, 2.24) is 5.32 Å². The number of hydrogen-bond acceptors (Lipinski definition) is 5. The van der Waals surface area contributed by atoms with E-state index in [1.807, 2.05) is 12.2 Å². The second-order valence-electron chi connectivity index (χ2n) is 5.25. The number of nitrogens with two attached hydrogens (primary N) is 1. The molecule has 0 bridgehead atoms. The molecule has 6 nitrogen and oxygen atoms in total. The fourth-order valence-electron chi connectivity index (χ4n) is 2.60. The van der Waals surface area contributed by atoms with E-state index in [1.165, 1.54) is 0 Å². The first-order valence-electron chi connectivity index (χ1n) is 7.42. The minimum atomic E-state index is -0.0404. The molecule has 2 rings (SSSR count). The number of allylic oxidation sites excluding steroid dienone is 2. The molecule has 0 aromatic heterocycles. The molecule has 0 aromatic rings. The number of aliphatic hydroxyl groups is 1. The summed E-state index contributed by atoms with van der Waals surface area (Å²) in [7, 11) is 1.66. The lowest BCUT2D eigenvalue weighted by atomic mass is 9.95. The van der Waals surface area contributed by atoms with Crippen molar-refractivity contribution in [1.29, 1.82) is 0 Å². The van der Waals surface area contributed by atoms with Crippen molar-refractivity contribution in [3.8, 4) is 0 Å². The normalized spacial score (nSPS) is 24.4. The van der Waals surface area contributed by atoms with Crippen LogP contribution < -0.4 is 11.1 Å². The van der Waals surface area contributed by atoms with Crippen molar-refractivity contribution in [2.75, 3.05) is 13.7 Å². The van der Waals surface area contributed by atoms with E-state index in [-0.39, 0.29) is 18.7 Å². The minimum Gasteiger partial charge on any atom is -0.501 e. The van der Waals surface area contributed by atoms with Crippen LogP contribution in [0.5, 0.6) is 0 Å². The highest BCUT2D eigenvalue weighted by Crippen LogP contribution is 2.25. The molecule has 116 valence electrons. The molecule has 0 aromatic carbocycles. The molecule has 0 radical (unpaired) electrons. The largest absolute Gasteiger partial charge is 0.501 e. The first-order chi connectivity index (χ1) is 10.2. The lowest BCUT2D eigenvalue weighted by molar-refractivity contribution is 0.271. The van der Waals surface area contributed by atoms with E-state index in [0.29, 0.717) is 18.8 Å². The predicted octanol–water partition coefficient (Wildman–Crippen LogP) is 1.08. The zero-order valence-corrected chi connectivity index (χ0v) is 12.7. The van der Waals surface area contributed by atoms with Crippen LogP contribution in [0.2, 0.25) is 0 Å². The molecular weight excluding hydrogens is 268 g/mol. The van der Waals surface area contributed by atoms with E-state index in [1.54, 1.807) is 7.11 Å². The monoisotopic (exact) mass is 292 g/mol. The number of methoxy groups -OCH3 is 1. The van der Waals surface area contributed by atoms with Gasteiger partial charge in [-0.05, 0) is 25.0 Å². The summed E-state index contributed by atoms with van der Waals surface area (Å²) in [6, 6.07) is 0.0594. The summed E-state index contributed by atoms with van der Waals surface area (Å²) in [6.07, 6.45) is 7.26. The summed E-state index contributed by atoms with van der Waals surface area (Å²) >= 11 is 0. The van der Waals surface area contributed by atoms with Crippen molar-refractivity contribution in [3.05, 3.63) is 23.5 Å². The highest BCUT2D eigenvalue weighted by Gasteiger charge is 2.28. The second kappa shape index (κ2) is 7.26. The number of ether oxygens (including phenoxy) is 1. The Morgan fingerprint density at radius 2 is 2.33 bits per heavy atom. The third-order valence-electron chi connectivity index (χ3n) is 3.68. The SMILES string of the molecule is CCCC(CCO)N=C1NC(N)=NC2CC(OC)=CC=C12. The van der Waals surface area contributed by atoms with Gasteiger partial charge in [0.1, 0.15) is 5.84 Å². The number of hydrogen-bond donors (Lipinski definition) is 3. The van der Waals surface area contributed by atoms with Gasteiger partial charge in [-0.25, -0.2) is 4.99 Å². The number of fused-ring (bicyclic) bond motifs is 1. The number of aliphatic hydroxyl groups excluding tert-OH is 1. The molecule has 6 heteroatoms. The Morgan fingerprint density at radius 3 is 3.00 bits per heavy atom. The van der Waals surface area contributed by atoms with Crippen molar-refractivity contribution in [2.45, 2.75) is 44.7 Å². The highest BCUT2D eigenvalue weighted by atomic mass is 16.5. The number of guanidine groups is 1. The quantitative estimate of drug-likeness (QED) is 0.683. The van der Waals surface area contributed by atoms with Crippen LogP contribution in [0.3, 0.4) is 0 Å². The molecule has 0 amide bonds. The average molecular weight is 292 g/mol. The van der Waals surface area contributed by atoms with E-state index >= 15 is 0 Å². The average Bonchev–Trinajstić information content (AvgIpc) is 2.46. The number of nitrogens with one attached hydrogen (secondary N) is 1. The van der Waals surface area contributed by atoms with Gasteiger partial charge in [0.25, 0.3) is 0 Å². The summed E-state index contributed by atoms with van der Waals surface area (Å²) in [5.41, 5.74) is 6.90. The maximum absolute atomic E-state index is 9.17. The molecule has 1 aliphatic carbocycles. The highest BCUT2D eigenvalue weighted by molar-refractivity contribution is 6.11. The van der Waals surface area contributed by atoms with Crippen LogP contribution in [-0.2, 0) is 4.74 Å². The van der Waals surface area contributed by atoms with Crippen LogP contribution in [0.25, 0.3) is 0 Å². The Hall–Kier alpha value is -1.82. The lowest BCUT2D eigenvalue weighted by Crippen LogP contribution is -2.46. The van der Waals surface area contributed by atoms with Crippen LogP contribution in [0.15, 0.2) is 33.5 Å². The number of aliphatic imine (C=N–C) groups is 2. The van der Waals surface area contributed by atoms with Crippen molar-refractivity contribution in [3.63, 3.8) is 0 Å². The standard InChI is InChI=1S/C15H24N4O2/c1-3-4-10(7-8-20)17-14-12-6-5-11(21-2)9-13(12)18-15(16)19-14/h5-6,10,13,20H,3-4,7-9H2,1-2H3,(H3,16,17,18,19). The summed E-state index contributed by atoms with van der Waals surface area (Å²) in [6.45, 7) is 2.26. The van der Waals surface area contributed by atoms with Crippen molar-refractivity contribution >= 4 is 11.8 Å². The fraction of sp³-hybridized carbons (Fsp3) is 0.600. The third-order valence-corrected chi connectivity index (χ3v) is 3.68. The Labute approximate surface area is 125 Å². The van der Waals surface area contributed by atoms with Gasteiger partial charge in [0.05, 0.1) is 25.0 Å². The smallest absolute Gasteiger partial charge is 0.194 e. The van der Waals surface area contributed by atoms with Gasteiger partial charge in [-0.15, -0.1) is 0 Å². The Kier molecular flexibility index (Phi) is 5.38. The van der Waals surface area contributed by atoms with Gasteiger partial charge in [0.2, 0.25) is 0 Å². The first kappa shape index (κ1) is 15.6. The zero-order valence-electron chi connectivity index (χ0n) is 12.7. The van der Waals surface area contributed by atoms with E-state index in [0.717, 1.165) is 30.0 Å². The number of nitrogens with zero attached hydrogens (tertiary/aromatic N) is 2. The van der Waals surface area contributed by atoms with Gasteiger partial charge in [-0.1, -0.05) is 13.3 Å². The van der Waals surface area contributed by atoms with E-state index in [4.69, 9.17) is 20.6 Å². The van der Waals surface area contributed by atoms with Gasteiger partial charge >= 0.3 is 0 Å². The molecule has 4 N–H and O–H groups in total. The number of amidine groups is 1. The topological polar surface area (TPSA) is 92.2 Å². The van der Waals surface area contributed by atoms with Crippen LogP contribution in [0.4, 0.5) is 0 Å². The summed E-state index contributed by atoms with van der Waals surface area (Å²) in [5.74, 6) is 2.04. The predicted molar refractivity (Wildman–Crippen MR) is 84.2 cm³/mol. The van der Waals surface area contributed by atoms with Crippen molar-refractivity contribution < 1.29 is 9.84 Å². The van der Waals surface area contributed by atoms with Crippen LogP contribution >= 0.6 is 0 Å². The van der Waals surface area contributed by atoms with E-state index in [9.17, 15) is 0 Å². The zero-order chi connectivity index (χ0) is 15.2. The molecule has 21 heavy (non-hydrogen) atoms. The molecule has 0 spiro atoms. The Morgan fingerprint density at radius 1 is 1.52 bits per heavy atom. The molecule has 1 aliphatic heterocycles. The summed E-state index contributed by atoms with van der Waals surface area (Å²) in [4.78, 5) is 9.16. The van der Waals surface area contributed by atoms with Gasteiger partial charge in [0, 0.05) is 18.6 Å². The van der Waals surface area contributed by atoms with Crippen LogP contribution in [0.1, 0.15) is 32.6 Å². The molecule has 0 fully saturated rings. The molecule has 0 saturated carbocycles. The summed E-state index contributed by atoms with van der Waals surface area (Å²) < 4.78 is 5.28. The van der Waals surface area contributed by atoms with Crippen LogP contribution in [-0.4, -0.2) is 42.7 Å². The number of rotatable bonds is 6. The van der Waals surface area contributed by atoms with Gasteiger partial charge in [-0.3, -0.25) is 4.99 Å². The first-order valence-corrected chi connectivity index (χ1v) is 7.42. The summed E-state index contributed by atoms with van der Waals surface area (Å²) in [5, 5.41) is 12.2. The second-order valence-corrected chi connectivity index (χ2v) is 5.25. The molecule has 2 atom stereocenters. The van der Waals surface area contributed by atoms with E-state index < -0.39 is 0 Å².